The van der Waals surface area contributed by atoms with Crippen molar-refractivity contribution in [2.24, 2.45) is 5.92 Å². The van der Waals surface area contributed by atoms with Crippen molar-refractivity contribution in [3.63, 3.8) is 0 Å². The van der Waals surface area contributed by atoms with Gasteiger partial charge in [0.1, 0.15) is 5.82 Å². The van der Waals surface area contributed by atoms with Gasteiger partial charge in [-0.15, -0.1) is 0 Å². The van der Waals surface area contributed by atoms with Crippen LogP contribution in [-0.4, -0.2) is 60.2 Å². The molecule has 7 nitrogen and oxygen atoms in total. The number of ether oxygens (including phenoxy) is 1. The summed E-state index contributed by atoms with van der Waals surface area (Å²) in [4.78, 5) is 26.0. The highest BCUT2D eigenvalue weighted by molar-refractivity contribution is 5.79. The van der Waals surface area contributed by atoms with Gasteiger partial charge in [-0.1, -0.05) is 17.7 Å². The highest BCUT2D eigenvalue weighted by Crippen LogP contribution is 2.21. The Bertz CT molecular complexity index is 825. The molecule has 2 saturated heterocycles. The smallest absolute Gasteiger partial charge is 0.229 e. The van der Waals surface area contributed by atoms with Gasteiger partial charge in [0.15, 0.2) is 0 Å². The molecule has 0 radical (unpaired) electrons. The number of aryl methyl sites for hydroxylation is 2. The maximum atomic E-state index is 12.6. The minimum absolute atomic E-state index is 0.0400. The molecule has 1 aromatic heterocycles. The third-order valence-electron chi connectivity index (χ3n) is 5.34. The minimum atomic E-state index is 0.0400. The first kappa shape index (κ1) is 18.7. The van der Waals surface area contributed by atoms with Gasteiger partial charge in [-0.2, -0.15) is 4.98 Å². The summed E-state index contributed by atoms with van der Waals surface area (Å²) in [5.74, 6) is 1.77. The van der Waals surface area contributed by atoms with Gasteiger partial charge in [0.25, 0.3) is 0 Å². The number of piperazine rings is 1. The van der Waals surface area contributed by atoms with Crippen LogP contribution >= 0.6 is 0 Å². The van der Waals surface area contributed by atoms with Gasteiger partial charge >= 0.3 is 0 Å². The quantitative estimate of drug-likeness (QED) is 0.878. The predicted octanol–water partition coefficient (Wildman–Crippen LogP) is 2.52. The maximum absolute atomic E-state index is 12.6. The van der Waals surface area contributed by atoms with Gasteiger partial charge in [0, 0.05) is 50.2 Å². The third kappa shape index (κ3) is 4.25. The first-order valence-electron chi connectivity index (χ1n) is 9.89. The van der Waals surface area contributed by atoms with E-state index in [0.29, 0.717) is 19.2 Å². The Hall–Kier alpha value is -2.67. The van der Waals surface area contributed by atoms with E-state index in [9.17, 15) is 4.79 Å². The average Bonchev–Trinajstić information content (AvgIpc) is 3.24. The average molecular weight is 381 g/mol. The van der Waals surface area contributed by atoms with Gasteiger partial charge in [-0.25, -0.2) is 4.98 Å². The van der Waals surface area contributed by atoms with Crippen molar-refractivity contribution in [2.75, 3.05) is 49.6 Å². The lowest BCUT2D eigenvalue weighted by Crippen LogP contribution is -2.50. The number of hydrogen-bond acceptors (Lipinski definition) is 6. The molecule has 0 aliphatic carbocycles. The summed E-state index contributed by atoms with van der Waals surface area (Å²) in [5.41, 5.74) is 3.10. The van der Waals surface area contributed by atoms with Crippen LogP contribution < -0.4 is 10.2 Å². The van der Waals surface area contributed by atoms with Crippen LogP contribution in [0.2, 0.25) is 0 Å². The number of nitrogens with one attached hydrogen (secondary N) is 1. The summed E-state index contributed by atoms with van der Waals surface area (Å²) in [6.07, 6.45) is 0.845. The van der Waals surface area contributed by atoms with Crippen molar-refractivity contribution in [2.45, 2.75) is 20.3 Å². The van der Waals surface area contributed by atoms with E-state index in [1.54, 1.807) is 0 Å². The SMILES string of the molecule is Cc1ccc(Nc2nc(C)cc(N3CCN(C(=O)C4CCOC4)CC3)n2)cc1. The molecular weight excluding hydrogens is 354 g/mol. The number of benzene rings is 1. The van der Waals surface area contributed by atoms with Crippen LogP contribution in [0.25, 0.3) is 0 Å². The molecule has 3 heterocycles. The summed E-state index contributed by atoms with van der Waals surface area (Å²) in [7, 11) is 0. The van der Waals surface area contributed by atoms with Crippen LogP contribution in [-0.2, 0) is 9.53 Å². The zero-order valence-electron chi connectivity index (χ0n) is 16.5. The van der Waals surface area contributed by atoms with E-state index in [-0.39, 0.29) is 11.8 Å². The van der Waals surface area contributed by atoms with E-state index in [2.05, 4.69) is 34.3 Å². The normalized spacial score (nSPS) is 19.7. The summed E-state index contributed by atoms with van der Waals surface area (Å²) in [6, 6.07) is 10.2. The summed E-state index contributed by atoms with van der Waals surface area (Å²) in [6.45, 7) is 8.31. The number of amides is 1. The zero-order chi connectivity index (χ0) is 19.5. The second kappa shape index (κ2) is 8.14. The Morgan fingerprint density at radius 1 is 1.11 bits per heavy atom. The Kier molecular flexibility index (Phi) is 5.43. The number of rotatable bonds is 4. The van der Waals surface area contributed by atoms with Crippen molar-refractivity contribution in [1.82, 2.24) is 14.9 Å². The molecule has 1 atom stereocenters. The second-order valence-corrected chi connectivity index (χ2v) is 7.56. The monoisotopic (exact) mass is 381 g/mol. The fourth-order valence-electron chi connectivity index (χ4n) is 3.68. The molecule has 2 aliphatic heterocycles. The molecular formula is C21H27N5O2. The molecule has 0 saturated carbocycles. The molecule has 1 N–H and O–H groups in total. The molecule has 0 spiro atoms. The molecule has 148 valence electrons. The lowest BCUT2D eigenvalue weighted by atomic mass is 10.1. The van der Waals surface area contributed by atoms with Crippen molar-refractivity contribution in [3.8, 4) is 0 Å². The number of nitrogens with zero attached hydrogens (tertiary/aromatic N) is 4. The lowest BCUT2D eigenvalue weighted by Gasteiger charge is -2.36. The predicted molar refractivity (Wildman–Crippen MR) is 109 cm³/mol. The van der Waals surface area contributed by atoms with E-state index in [0.717, 1.165) is 49.8 Å². The lowest BCUT2D eigenvalue weighted by molar-refractivity contribution is -0.135. The van der Waals surface area contributed by atoms with E-state index in [1.165, 1.54) is 5.56 Å². The third-order valence-corrected chi connectivity index (χ3v) is 5.34. The van der Waals surface area contributed by atoms with Crippen LogP contribution in [0.15, 0.2) is 30.3 Å². The summed E-state index contributed by atoms with van der Waals surface area (Å²) < 4.78 is 5.36. The van der Waals surface area contributed by atoms with Crippen molar-refractivity contribution < 1.29 is 9.53 Å². The van der Waals surface area contributed by atoms with E-state index < -0.39 is 0 Å². The standard InChI is InChI=1S/C21H27N5O2/c1-15-3-5-18(6-4-15)23-21-22-16(2)13-19(24-21)25-8-10-26(11-9-25)20(27)17-7-12-28-14-17/h3-6,13,17H,7-12,14H2,1-2H3,(H,22,23,24). The number of carbonyl (C=O) groups is 1. The number of carbonyl (C=O) groups excluding carboxylic acids is 1. The number of aromatic nitrogens is 2. The van der Waals surface area contributed by atoms with Crippen LogP contribution in [0, 0.1) is 19.8 Å². The highest BCUT2D eigenvalue weighted by Gasteiger charge is 2.30. The molecule has 0 bridgehead atoms. The van der Waals surface area contributed by atoms with E-state index in [1.807, 2.05) is 30.0 Å². The van der Waals surface area contributed by atoms with Crippen molar-refractivity contribution in [1.29, 1.82) is 0 Å². The molecule has 4 rings (SSSR count). The fraction of sp³-hybridized carbons (Fsp3) is 0.476. The van der Waals surface area contributed by atoms with Gasteiger partial charge in [0.05, 0.1) is 12.5 Å². The summed E-state index contributed by atoms with van der Waals surface area (Å²) in [5, 5.41) is 3.29. The van der Waals surface area contributed by atoms with Crippen LogP contribution in [0.4, 0.5) is 17.5 Å². The van der Waals surface area contributed by atoms with Crippen LogP contribution in [0.5, 0.6) is 0 Å². The Balaban J connectivity index is 1.41. The first-order chi connectivity index (χ1) is 13.6. The molecule has 2 aromatic rings. The molecule has 2 aliphatic rings. The maximum Gasteiger partial charge on any atom is 0.229 e. The molecule has 1 unspecified atom stereocenters. The Morgan fingerprint density at radius 2 is 1.86 bits per heavy atom. The first-order valence-corrected chi connectivity index (χ1v) is 9.89. The minimum Gasteiger partial charge on any atom is -0.381 e. The van der Waals surface area contributed by atoms with Gasteiger partial charge in [-0.05, 0) is 32.4 Å². The van der Waals surface area contributed by atoms with Gasteiger partial charge < -0.3 is 19.9 Å². The Morgan fingerprint density at radius 3 is 2.54 bits per heavy atom. The Labute approximate surface area is 165 Å². The van der Waals surface area contributed by atoms with Crippen molar-refractivity contribution in [3.05, 3.63) is 41.6 Å². The molecule has 28 heavy (non-hydrogen) atoms. The molecule has 1 amide bonds. The van der Waals surface area contributed by atoms with Crippen molar-refractivity contribution >= 4 is 23.4 Å². The van der Waals surface area contributed by atoms with E-state index in [4.69, 9.17) is 9.72 Å². The van der Waals surface area contributed by atoms with Crippen LogP contribution in [0.1, 0.15) is 17.7 Å². The zero-order valence-corrected chi connectivity index (χ0v) is 16.5. The molecule has 2 fully saturated rings. The second-order valence-electron chi connectivity index (χ2n) is 7.56. The highest BCUT2D eigenvalue weighted by atomic mass is 16.5. The topological polar surface area (TPSA) is 70.6 Å². The number of anilines is 3. The van der Waals surface area contributed by atoms with Gasteiger partial charge in [-0.3, -0.25) is 4.79 Å². The molecule has 1 aromatic carbocycles. The largest absolute Gasteiger partial charge is 0.381 e. The van der Waals surface area contributed by atoms with E-state index >= 15 is 0 Å². The fourth-order valence-corrected chi connectivity index (χ4v) is 3.68. The van der Waals surface area contributed by atoms with Crippen LogP contribution in [0.3, 0.4) is 0 Å². The number of hydrogen-bond donors (Lipinski definition) is 1. The summed E-state index contributed by atoms with van der Waals surface area (Å²) >= 11 is 0. The van der Waals surface area contributed by atoms with Gasteiger partial charge in [0.2, 0.25) is 11.9 Å². The molecule has 7 heteroatoms.